The molecule has 3 atom stereocenters. The van der Waals surface area contributed by atoms with Gasteiger partial charge < -0.3 is 15.8 Å². The van der Waals surface area contributed by atoms with Gasteiger partial charge in [-0.2, -0.15) is 5.10 Å². The maximum Gasteiger partial charge on any atom is 0.275 e. The summed E-state index contributed by atoms with van der Waals surface area (Å²) in [5.74, 6) is -0.363. The van der Waals surface area contributed by atoms with E-state index in [4.69, 9.17) is 10.5 Å². The smallest absolute Gasteiger partial charge is 0.275 e. The summed E-state index contributed by atoms with van der Waals surface area (Å²) in [6, 6.07) is 3.25. The van der Waals surface area contributed by atoms with E-state index < -0.39 is 18.3 Å². The number of nitrogens with two attached hydrogens (primary N) is 1. The Bertz CT molecular complexity index is 994. The molecule has 8 nitrogen and oxygen atoms in total. The van der Waals surface area contributed by atoms with Crippen molar-refractivity contribution in [3.8, 4) is 10.7 Å². The maximum atomic E-state index is 13.8. The van der Waals surface area contributed by atoms with Gasteiger partial charge in [0, 0.05) is 17.6 Å². The predicted molar refractivity (Wildman–Crippen MR) is 107 cm³/mol. The summed E-state index contributed by atoms with van der Waals surface area (Å²) in [4.78, 5) is 21.5. The third-order valence-corrected chi connectivity index (χ3v) is 5.72. The van der Waals surface area contributed by atoms with Crippen molar-refractivity contribution in [1.29, 1.82) is 0 Å². The molecule has 152 valence electrons. The van der Waals surface area contributed by atoms with E-state index in [0.29, 0.717) is 29.2 Å². The van der Waals surface area contributed by atoms with Crippen molar-refractivity contribution in [2.75, 3.05) is 11.9 Å². The SMILES string of the molecule is Cc1cccnc1-c1nc(C(=O)Nc2cn[nH]c2[C@H]2CC[C@H](N)[C@@H](F)CO2)cs1. The minimum atomic E-state index is -1.20. The molecule has 3 aromatic rings. The van der Waals surface area contributed by atoms with Gasteiger partial charge in [0.2, 0.25) is 0 Å². The van der Waals surface area contributed by atoms with E-state index in [1.807, 2.05) is 19.1 Å². The molecule has 4 N–H and O–H groups in total. The van der Waals surface area contributed by atoms with Crippen LogP contribution < -0.4 is 11.1 Å². The highest BCUT2D eigenvalue weighted by atomic mass is 32.1. The quantitative estimate of drug-likeness (QED) is 0.602. The molecule has 1 aliphatic heterocycles. The highest BCUT2D eigenvalue weighted by Gasteiger charge is 2.29. The summed E-state index contributed by atoms with van der Waals surface area (Å²) in [7, 11) is 0. The Hall–Kier alpha value is -2.69. The van der Waals surface area contributed by atoms with Crippen LogP contribution in [0, 0.1) is 6.92 Å². The van der Waals surface area contributed by atoms with Gasteiger partial charge in [-0.3, -0.25) is 14.9 Å². The number of aromatic nitrogens is 4. The number of aryl methyl sites for hydroxylation is 1. The average molecular weight is 416 g/mol. The van der Waals surface area contributed by atoms with Gasteiger partial charge in [0.25, 0.3) is 5.91 Å². The van der Waals surface area contributed by atoms with Gasteiger partial charge in [-0.05, 0) is 31.4 Å². The number of thiazole rings is 1. The lowest BCUT2D eigenvalue weighted by Gasteiger charge is -2.15. The molecule has 4 rings (SSSR count). The molecule has 1 amide bonds. The van der Waals surface area contributed by atoms with Crippen molar-refractivity contribution < 1.29 is 13.9 Å². The number of ether oxygens (including phenoxy) is 1. The van der Waals surface area contributed by atoms with Crippen molar-refractivity contribution in [2.45, 2.75) is 38.1 Å². The Kier molecular flexibility index (Phi) is 5.65. The van der Waals surface area contributed by atoms with Crippen molar-refractivity contribution in [1.82, 2.24) is 20.2 Å². The van der Waals surface area contributed by atoms with Gasteiger partial charge in [-0.15, -0.1) is 11.3 Å². The molecule has 0 radical (unpaired) electrons. The summed E-state index contributed by atoms with van der Waals surface area (Å²) in [5.41, 5.74) is 8.89. The first-order chi connectivity index (χ1) is 14.0. The van der Waals surface area contributed by atoms with Crippen molar-refractivity contribution >= 4 is 22.9 Å². The van der Waals surface area contributed by atoms with Crippen LogP contribution in [0.5, 0.6) is 0 Å². The standard InChI is InChI=1S/C19H21FN6O2S/c1-10-3-2-6-22-16(10)19-25-14(9-29-19)18(27)24-13-7-23-26-17(13)15-5-4-12(21)11(20)8-28-15/h2-3,6-7,9,11-12,15H,4-5,8,21H2,1H3,(H,23,26)(H,24,27)/t11-,12-,15+/m0/s1. The highest BCUT2D eigenvalue weighted by molar-refractivity contribution is 7.13. The number of carbonyl (C=O) groups is 1. The van der Waals surface area contributed by atoms with E-state index in [1.165, 1.54) is 17.5 Å². The third-order valence-electron chi connectivity index (χ3n) is 4.87. The summed E-state index contributed by atoms with van der Waals surface area (Å²) >= 11 is 1.36. The van der Waals surface area contributed by atoms with Crippen molar-refractivity contribution in [3.05, 3.63) is 46.9 Å². The second kappa shape index (κ2) is 8.36. The minimum Gasteiger partial charge on any atom is -0.369 e. The van der Waals surface area contributed by atoms with Crippen LogP contribution in [0.3, 0.4) is 0 Å². The largest absolute Gasteiger partial charge is 0.369 e. The molecular formula is C19H21FN6O2S. The molecule has 0 aromatic carbocycles. The lowest BCUT2D eigenvalue weighted by molar-refractivity contribution is 0.0267. The number of nitrogens with zero attached hydrogens (tertiary/aromatic N) is 3. The number of pyridine rings is 1. The predicted octanol–water partition coefficient (Wildman–Crippen LogP) is 3.01. The van der Waals surface area contributed by atoms with Crippen molar-refractivity contribution in [3.63, 3.8) is 0 Å². The molecule has 1 aliphatic rings. The van der Waals surface area contributed by atoms with Crippen molar-refractivity contribution in [2.24, 2.45) is 5.73 Å². The fraction of sp³-hybridized carbons (Fsp3) is 0.368. The molecule has 0 aliphatic carbocycles. The van der Waals surface area contributed by atoms with Crippen LogP contribution in [0.2, 0.25) is 0 Å². The second-order valence-electron chi connectivity index (χ2n) is 6.94. The van der Waals surface area contributed by atoms with Gasteiger partial charge in [0.05, 0.1) is 24.2 Å². The molecule has 0 unspecified atom stereocenters. The van der Waals surface area contributed by atoms with E-state index in [9.17, 15) is 9.18 Å². The molecular weight excluding hydrogens is 395 g/mol. The molecule has 1 saturated heterocycles. The Morgan fingerprint density at radius 3 is 3.14 bits per heavy atom. The monoisotopic (exact) mass is 416 g/mol. The molecule has 4 heterocycles. The zero-order valence-corrected chi connectivity index (χ0v) is 16.6. The number of hydrogen-bond donors (Lipinski definition) is 3. The first-order valence-corrected chi connectivity index (χ1v) is 10.1. The number of H-pyrrole nitrogens is 1. The zero-order valence-electron chi connectivity index (χ0n) is 15.8. The molecule has 0 saturated carbocycles. The van der Waals surface area contributed by atoms with E-state index in [2.05, 4.69) is 25.5 Å². The minimum absolute atomic E-state index is 0.0862. The molecule has 0 bridgehead atoms. The number of alkyl halides is 1. The highest BCUT2D eigenvalue weighted by Crippen LogP contribution is 2.31. The summed E-state index contributed by atoms with van der Waals surface area (Å²) in [6.07, 6.45) is 2.60. The van der Waals surface area contributed by atoms with Crippen LogP contribution in [0.4, 0.5) is 10.1 Å². The van der Waals surface area contributed by atoms with E-state index in [1.54, 1.807) is 11.6 Å². The van der Waals surface area contributed by atoms with Crippen LogP contribution >= 0.6 is 11.3 Å². The van der Waals surface area contributed by atoms with E-state index in [-0.39, 0.29) is 18.2 Å². The third kappa shape index (κ3) is 4.19. The summed E-state index contributed by atoms with van der Waals surface area (Å²) in [5, 5.41) is 12.0. The number of halogens is 1. The van der Waals surface area contributed by atoms with Crippen LogP contribution in [-0.2, 0) is 4.74 Å². The lowest BCUT2D eigenvalue weighted by Crippen LogP contribution is -2.32. The molecule has 29 heavy (non-hydrogen) atoms. The van der Waals surface area contributed by atoms with E-state index >= 15 is 0 Å². The van der Waals surface area contributed by atoms with Crippen LogP contribution in [0.1, 0.15) is 40.7 Å². The van der Waals surface area contributed by atoms with Gasteiger partial charge in [-0.25, -0.2) is 9.37 Å². The van der Waals surface area contributed by atoms with E-state index in [0.717, 1.165) is 11.3 Å². The molecule has 0 spiro atoms. The topological polar surface area (TPSA) is 119 Å². The number of amides is 1. The number of carbonyl (C=O) groups excluding carboxylic acids is 1. The Morgan fingerprint density at radius 2 is 2.31 bits per heavy atom. The van der Waals surface area contributed by atoms with Crippen LogP contribution in [0.25, 0.3) is 10.7 Å². The van der Waals surface area contributed by atoms with Gasteiger partial charge in [-0.1, -0.05) is 6.07 Å². The summed E-state index contributed by atoms with van der Waals surface area (Å²) in [6.45, 7) is 1.86. The number of nitrogens with one attached hydrogen (secondary N) is 2. The Labute approximate surface area is 170 Å². The fourth-order valence-electron chi connectivity index (χ4n) is 3.19. The summed E-state index contributed by atoms with van der Waals surface area (Å²) < 4.78 is 19.4. The van der Waals surface area contributed by atoms with Gasteiger partial charge in [0.1, 0.15) is 28.7 Å². The average Bonchev–Trinajstić information content (AvgIpc) is 3.34. The van der Waals surface area contributed by atoms with Gasteiger partial charge in [0.15, 0.2) is 0 Å². The first kappa shape index (κ1) is 19.6. The molecule has 3 aromatic heterocycles. The van der Waals surface area contributed by atoms with Crippen LogP contribution in [0.15, 0.2) is 29.9 Å². The molecule has 1 fully saturated rings. The first-order valence-electron chi connectivity index (χ1n) is 9.26. The maximum absolute atomic E-state index is 13.8. The molecule has 10 heteroatoms. The second-order valence-corrected chi connectivity index (χ2v) is 7.80. The normalized spacial score (nSPS) is 22.2. The Morgan fingerprint density at radius 1 is 1.45 bits per heavy atom. The number of hydrogen-bond acceptors (Lipinski definition) is 7. The zero-order chi connectivity index (χ0) is 20.4. The number of rotatable bonds is 4. The number of aromatic amines is 1. The van der Waals surface area contributed by atoms with Crippen LogP contribution in [-0.4, -0.2) is 44.9 Å². The number of anilines is 1. The Balaban J connectivity index is 1.49. The lowest BCUT2D eigenvalue weighted by atomic mass is 10.0. The fourth-order valence-corrected chi connectivity index (χ4v) is 4.05. The van der Waals surface area contributed by atoms with Gasteiger partial charge >= 0.3 is 0 Å².